The zero-order valence-electron chi connectivity index (χ0n) is 17.6. The quantitative estimate of drug-likeness (QED) is 0.700. The van der Waals surface area contributed by atoms with Gasteiger partial charge in [-0.2, -0.15) is 0 Å². The van der Waals surface area contributed by atoms with Gasteiger partial charge in [0.15, 0.2) is 0 Å². The molecule has 1 heterocycles. The molecule has 0 saturated carbocycles. The molecule has 2 aromatic rings. The van der Waals surface area contributed by atoms with Crippen molar-refractivity contribution in [1.82, 2.24) is 10.2 Å². The Morgan fingerprint density at radius 3 is 2.28 bits per heavy atom. The average Bonchev–Trinajstić information content (AvgIpc) is 2.73. The number of nitrogens with zero attached hydrogens (tertiary/aromatic N) is 2. The highest BCUT2D eigenvalue weighted by molar-refractivity contribution is 5.89. The summed E-state index contributed by atoms with van der Waals surface area (Å²) < 4.78 is 5.68. The first-order chi connectivity index (χ1) is 14.0. The second-order valence-electron chi connectivity index (χ2n) is 7.79. The lowest BCUT2D eigenvalue weighted by atomic mass is 10.0. The van der Waals surface area contributed by atoms with Gasteiger partial charge in [-0.05, 0) is 54.9 Å². The highest BCUT2D eigenvalue weighted by atomic mass is 16.5. The predicted octanol–water partition coefficient (Wildman–Crippen LogP) is 3.76. The van der Waals surface area contributed by atoms with Crippen LogP contribution in [-0.2, 0) is 0 Å². The van der Waals surface area contributed by atoms with Crippen molar-refractivity contribution in [2.24, 2.45) is 0 Å². The number of rotatable bonds is 7. The van der Waals surface area contributed by atoms with E-state index in [0.29, 0.717) is 19.1 Å². The first kappa shape index (κ1) is 21.0. The van der Waals surface area contributed by atoms with Crippen molar-refractivity contribution in [3.63, 3.8) is 0 Å². The van der Waals surface area contributed by atoms with Crippen LogP contribution in [0.4, 0.5) is 16.2 Å². The number of nitrogens with one attached hydrogen (secondary N) is 2. The van der Waals surface area contributed by atoms with Crippen LogP contribution in [0.3, 0.4) is 0 Å². The summed E-state index contributed by atoms with van der Waals surface area (Å²) in [5.41, 5.74) is 3.26. The molecule has 0 spiro atoms. The minimum atomic E-state index is -0.226. The maximum absolute atomic E-state index is 12.1. The van der Waals surface area contributed by atoms with E-state index in [4.69, 9.17) is 4.74 Å². The van der Waals surface area contributed by atoms with Gasteiger partial charge in [-0.15, -0.1) is 0 Å². The normalized spacial score (nSPS) is 14.7. The lowest BCUT2D eigenvalue weighted by Gasteiger charge is -2.34. The number of ether oxygens (including phenoxy) is 1. The number of hydrogen-bond acceptors (Lipinski definition) is 4. The molecule has 6 nitrogen and oxygen atoms in total. The zero-order valence-corrected chi connectivity index (χ0v) is 17.6. The van der Waals surface area contributed by atoms with Gasteiger partial charge in [-0.3, -0.25) is 0 Å². The number of carbonyl (C=O) groups is 1. The van der Waals surface area contributed by atoms with Crippen LogP contribution in [0.5, 0.6) is 5.75 Å². The molecule has 6 heteroatoms. The molecular formula is C23H32N4O2. The number of anilines is 2. The number of amides is 2. The summed E-state index contributed by atoms with van der Waals surface area (Å²) in [6.07, 6.45) is 0. The van der Waals surface area contributed by atoms with Crippen molar-refractivity contribution in [1.29, 1.82) is 0 Å². The molecule has 0 unspecified atom stereocenters. The van der Waals surface area contributed by atoms with Crippen LogP contribution in [0.2, 0.25) is 0 Å². The van der Waals surface area contributed by atoms with Gasteiger partial charge in [-0.25, -0.2) is 4.79 Å². The number of benzene rings is 2. The second kappa shape index (κ2) is 10.2. The van der Waals surface area contributed by atoms with Gasteiger partial charge < -0.3 is 25.2 Å². The van der Waals surface area contributed by atoms with Crippen molar-refractivity contribution in [3.05, 3.63) is 54.1 Å². The molecule has 0 aliphatic carbocycles. The van der Waals surface area contributed by atoms with Crippen molar-refractivity contribution >= 4 is 17.4 Å². The fraction of sp³-hybridized carbons (Fsp3) is 0.435. The van der Waals surface area contributed by atoms with Crippen LogP contribution < -0.4 is 20.3 Å². The Bertz CT molecular complexity index is 766. The third-order valence-electron chi connectivity index (χ3n) is 5.20. The molecule has 1 aliphatic rings. The molecular weight excluding hydrogens is 364 g/mol. The van der Waals surface area contributed by atoms with Gasteiger partial charge in [0, 0.05) is 37.6 Å². The number of hydrogen-bond donors (Lipinski definition) is 2. The molecule has 2 N–H and O–H groups in total. The van der Waals surface area contributed by atoms with E-state index in [1.807, 2.05) is 24.3 Å². The van der Waals surface area contributed by atoms with Crippen molar-refractivity contribution in [2.45, 2.75) is 19.8 Å². The fourth-order valence-electron chi connectivity index (χ4n) is 3.28. The molecule has 3 rings (SSSR count). The van der Waals surface area contributed by atoms with Gasteiger partial charge in [0.25, 0.3) is 0 Å². The molecule has 0 atom stereocenters. The summed E-state index contributed by atoms with van der Waals surface area (Å²) >= 11 is 0. The fourth-order valence-corrected chi connectivity index (χ4v) is 3.28. The van der Waals surface area contributed by atoms with Gasteiger partial charge in [0.05, 0.1) is 6.54 Å². The SMILES string of the molecule is CC(C)c1ccc(OCCNC(=O)Nc2ccc(N3CCN(C)CC3)cc2)cc1. The van der Waals surface area contributed by atoms with E-state index in [9.17, 15) is 4.79 Å². The third kappa shape index (κ3) is 6.39. The number of piperazine rings is 1. The summed E-state index contributed by atoms with van der Waals surface area (Å²) in [5, 5.41) is 5.69. The van der Waals surface area contributed by atoms with Crippen LogP contribution in [0, 0.1) is 0 Å². The highest BCUT2D eigenvalue weighted by Crippen LogP contribution is 2.20. The predicted molar refractivity (Wildman–Crippen MR) is 119 cm³/mol. The van der Waals surface area contributed by atoms with Crippen molar-refractivity contribution < 1.29 is 9.53 Å². The standard InChI is InChI=1S/C23H32N4O2/c1-18(2)19-4-10-22(11-5-19)29-17-12-24-23(28)25-20-6-8-21(9-7-20)27-15-13-26(3)14-16-27/h4-11,18H,12-17H2,1-3H3,(H2,24,25,28). The topological polar surface area (TPSA) is 56.8 Å². The first-order valence-electron chi connectivity index (χ1n) is 10.3. The number of likely N-dealkylation sites (N-methyl/N-ethyl adjacent to an activating group) is 1. The lowest BCUT2D eigenvalue weighted by Crippen LogP contribution is -2.44. The molecule has 0 bridgehead atoms. The maximum atomic E-state index is 12.1. The Kier molecular flexibility index (Phi) is 7.36. The largest absolute Gasteiger partial charge is 0.492 e. The molecule has 2 amide bonds. The van der Waals surface area contributed by atoms with Gasteiger partial charge >= 0.3 is 6.03 Å². The zero-order chi connectivity index (χ0) is 20.6. The summed E-state index contributed by atoms with van der Waals surface area (Å²) in [6.45, 7) is 9.41. The van der Waals surface area contributed by atoms with Crippen LogP contribution in [0.1, 0.15) is 25.3 Å². The van der Waals surface area contributed by atoms with Crippen LogP contribution in [0.25, 0.3) is 0 Å². The summed E-state index contributed by atoms with van der Waals surface area (Å²) in [4.78, 5) is 16.8. The minimum absolute atomic E-state index is 0.226. The van der Waals surface area contributed by atoms with E-state index >= 15 is 0 Å². The lowest BCUT2D eigenvalue weighted by molar-refractivity contribution is 0.247. The molecule has 2 aromatic carbocycles. The monoisotopic (exact) mass is 396 g/mol. The highest BCUT2D eigenvalue weighted by Gasteiger charge is 2.14. The molecule has 0 aromatic heterocycles. The van der Waals surface area contributed by atoms with E-state index in [2.05, 4.69) is 65.6 Å². The second-order valence-corrected chi connectivity index (χ2v) is 7.79. The van der Waals surface area contributed by atoms with Crippen LogP contribution >= 0.6 is 0 Å². The maximum Gasteiger partial charge on any atom is 0.319 e. The Morgan fingerprint density at radius 1 is 1.00 bits per heavy atom. The molecule has 0 radical (unpaired) electrons. The Balaban J connectivity index is 1.37. The van der Waals surface area contributed by atoms with Gasteiger partial charge in [0.1, 0.15) is 12.4 Å². The van der Waals surface area contributed by atoms with E-state index < -0.39 is 0 Å². The molecule has 1 saturated heterocycles. The van der Waals surface area contributed by atoms with E-state index in [-0.39, 0.29) is 6.03 Å². The third-order valence-corrected chi connectivity index (χ3v) is 5.20. The van der Waals surface area contributed by atoms with Gasteiger partial charge in [-0.1, -0.05) is 26.0 Å². The number of urea groups is 1. The first-order valence-corrected chi connectivity index (χ1v) is 10.3. The molecule has 1 aliphatic heterocycles. The molecule has 156 valence electrons. The summed E-state index contributed by atoms with van der Waals surface area (Å²) in [7, 11) is 2.15. The van der Waals surface area contributed by atoms with Crippen LogP contribution in [-0.4, -0.2) is 57.3 Å². The van der Waals surface area contributed by atoms with Crippen LogP contribution in [0.15, 0.2) is 48.5 Å². The Hall–Kier alpha value is -2.73. The molecule has 29 heavy (non-hydrogen) atoms. The average molecular weight is 397 g/mol. The Morgan fingerprint density at radius 2 is 1.66 bits per heavy atom. The minimum Gasteiger partial charge on any atom is -0.492 e. The van der Waals surface area contributed by atoms with Gasteiger partial charge in [0.2, 0.25) is 0 Å². The van der Waals surface area contributed by atoms with E-state index in [0.717, 1.165) is 37.6 Å². The summed E-state index contributed by atoms with van der Waals surface area (Å²) in [6, 6.07) is 15.9. The number of carbonyl (C=O) groups excluding carboxylic acids is 1. The van der Waals surface area contributed by atoms with E-state index in [1.165, 1.54) is 11.3 Å². The summed E-state index contributed by atoms with van der Waals surface area (Å²) in [5.74, 6) is 1.32. The van der Waals surface area contributed by atoms with Crippen molar-refractivity contribution in [2.75, 3.05) is 56.6 Å². The van der Waals surface area contributed by atoms with E-state index in [1.54, 1.807) is 0 Å². The smallest absolute Gasteiger partial charge is 0.319 e. The van der Waals surface area contributed by atoms with Crippen molar-refractivity contribution in [3.8, 4) is 5.75 Å². The Labute approximate surface area is 173 Å². The molecule has 1 fully saturated rings.